The predicted molar refractivity (Wildman–Crippen MR) is 74.0 cm³/mol. The molecule has 2 aromatic heterocycles. The number of pyridine rings is 1. The second kappa shape index (κ2) is 5.68. The van der Waals surface area contributed by atoms with E-state index in [1.807, 2.05) is 19.3 Å². The van der Waals surface area contributed by atoms with Crippen LogP contribution in [0, 0.1) is 6.92 Å². The van der Waals surface area contributed by atoms with Crippen LogP contribution in [-0.4, -0.2) is 44.8 Å². The number of nitrogens with zero attached hydrogens (tertiary/aromatic N) is 4. The second-order valence-electron chi connectivity index (χ2n) is 5.09. The molecule has 1 aliphatic rings. The van der Waals surface area contributed by atoms with Crippen molar-refractivity contribution in [3.05, 3.63) is 41.7 Å². The lowest BCUT2D eigenvalue weighted by Crippen LogP contribution is -2.40. The van der Waals surface area contributed by atoms with E-state index in [1.165, 1.54) is 5.56 Å². The SMILES string of the molecule is Cc1nc([C@H]2CN([C@H](C)c3ccncc3)CCO2)n[nH]1. The Kier molecular flexibility index (Phi) is 3.75. The first-order valence-electron chi connectivity index (χ1n) is 6.88. The molecular formula is C14H19N5O. The lowest BCUT2D eigenvalue weighted by molar-refractivity contribution is -0.0470. The molecule has 3 rings (SSSR count). The van der Waals surface area contributed by atoms with Gasteiger partial charge in [-0.1, -0.05) is 0 Å². The maximum atomic E-state index is 5.79. The Morgan fingerprint density at radius 2 is 2.20 bits per heavy atom. The summed E-state index contributed by atoms with van der Waals surface area (Å²) in [6.07, 6.45) is 3.61. The van der Waals surface area contributed by atoms with Gasteiger partial charge in [0.15, 0.2) is 5.82 Å². The van der Waals surface area contributed by atoms with Crippen LogP contribution in [0.3, 0.4) is 0 Å². The number of hydrogen-bond donors (Lipinski definition) is 1. The zero-order chi connectivity index (χ0) is 13.9. The van der Waals surface area contributed by atoms with E-state index in [9.17, 15) is 0 Å². The summed E-state index contributed by atoms with van der Waals surface area (Å²) < 4.78 is 5.79. The summed E-state index contributed by atoms with van der Waals surface area (Å²) in [5.41, 5.74) is 1.27. The minimum absolute atomic E-state index is 0.0574. The molecule has 1 saturated heterocycles. The monoisotopic (exact) mass is 273 g/mol. The molecule has 0 saturated carbocycles. The third-order valence-electron chi connectivity index (χ3n) is 3.74. The molecule has 1 aliphatic heterocycles. The first-order chi connectivity index (χ1) is 9.74. The molecule has 6 nitrogen and oxygen atoms in total. The van der Waals surface area contributed by atoms with Crippen molar-refractivity contribution in [2.45, 2.75) is 26.0 Å². The minimum Gasteiger partial charge on any atom is -0.367 e. The van der Waals surface area contributed by atoms with E-state index in [2.05, 4.69) is 44.1 Å². The van der Waals surface area contributed by atoms with Gasteiger partial charge >= 0.3 is 0 Å². The molecule has 0 unspecified atom stereocenters. The molecule has 0 radical (unpaired) electrons. The van der Waals surface area contributed by atoms with Gasteiger partial charge in [-0.05, 0) is 31.5 Å². The highest BCUT2D eigenvalue weighted by atomic mass is 16.5. The number of H-pyrrole nitrogens is 1. The van der Waals surface area contributed by atoms with Crippen LogP contribution >= 0.6 is 0 Å². The van der Waals surface area contributed by atoms with Crippen molar-refractivity contribution >= 4 is 0 Å². The van der Waals surface area contributed by atoms with E-state index in [0.717, 1.165) is 24.7 Å². The summed E-state index contributed by atoms with van der Waals surface area (Å²) in [6.45, 7) is 6.54. The number of aromatic amines is 1. The maximum absolute atomic E-state index is 5.79. The van der Waals surface area contributed by atoms with Gasteiger partial charge in [0.1, 0.15) is 11.9 Å². The van der Waals surface area contributed by atoms with Gasteiger partial charge in [0.05, 0.1) is 6.61 Å². The first-order valence-corrected chi connectivity index (χ1v) is 6.88. The third kappa shape index (κ3) is 2.71. The van der Waals surface area contributed by atoms with Gasteiger partial charge in [-0.25, -0.2) is 4.98 Å². The van der Waals surface area contributed by atoms with Crippen LogP contribution in [0.5, 0.6) is 0 Å². The fraction of sp³-hybridized carbons (Fsp3) is 0.500. The van der Waals surface area contributed by atoms with Gasteiger partial charge in [0.25, 0.3) is 0 Å². The van der Waals surface area contributed by atoms with E-state index < -0.39 is 0 Å². The van der Waals surface area contributed by atoms with Gasteiger partial charge < -0.3 is 4.74 Å². The summed E-state index contributed by atoms with van der Waals surface area (Å²) in [5.74, 6) is 1.57. The highest BCUT2D eigenvalue weighted by Crippen LogP contribution is 2.26. The highest BCUT2D eigenvalue weighted by molar-refractivity contribution is 5.14. The fourth-order valence-electron chi connectivity index (χ4n) is 2.53. The van der Waals surface area contributed by atoms with E-state index in [0.29, 0.717) is 12.6 Å². The normalized spacial score (nSPS) is 21.8. The van der Waals surface area contributed by atoms with Gasteiger partial charge in [0, 0.05) is 31.5 Å². The molecule has 1 N–H and O–H groups in total. The van der Waals surface area contributed by atoms with Crippen molar-refractivity contribution in [1.29, 1.82) is 0 Å². The molecule has 0 aromatic carbocycles. The van der Waals surface area contributed by atoms with E-state index in [4.69, 9.17) is 4.74 Å². The summed E-state index contributed by atoms with van der Waals surface area (Å²) >= 11 is 0. The van der Waals surface area contributed by atoms with Crippen LogP contribution in [0.1, 0.15) is 36.3 Å². The Balaban J connectivity index is 1.72. The number of nitrogens with one attached hydrogen (secondary N) is 1. The minimum atomic E-state index is -0.0574. The average molecular weight is 273 g/mol. The smallest absolute Gasteiger partial charge is 0.180 e. The molecule has 0 spiro atoms. The highest BCUT2D eigenvalue weighted by Gasteiger charge is 2.28. The van der Waals surface area contributed by atoms with Crippen molar-refractivity contribution in [1.82, 2.24) is 25.1 Å². The topological polar surface area (TPSA) is 66.9 Å². The number of aryl methyl sites for hydroxylation is 1. The lowest BCUT2D eigenvalue weighted by Gasteiger charge is -2.36. The van der Waals surface area contributed by atoms with E-state index in [-0.39, 0.29) is 6.10 Å². The second-order valence-corrected chi connectivity index (χ2v) is 5.09. The molecular weight excluding hydrogens is 254 g/mol. The molecule has 1 fully saturated rings. The largest absolute Gasteiger partial charge is 0.367 e. The van der Waals surface area contributed by atoms with Gasteiger partial charge in [-0.15, -0.1) is 0 Å². The third-order valence-corrected chi connectivity index (χ3v) is 3.74. The number of morpholine rings is 1. The quantitative estimate of drug-likeness (QED) is 0.921. The Morgan fingerprint density at radius 1 is 1.40 bits per heavy atom. The van der Waals surface area contributed by atoms with Crippen molar-refractivity contribution in [3.63, 3.8) is 0 Å². The van der Waals surface area contributed by atoms with Crippen LogP contribution in [0.25, 0.3) is 0 Å². The lowest BCUT2D eigenvalue weighted by atomic mass is 10.1. The Labute approximate surface area is 118 Å². The summed E-state index contributed by atoms with van der Waals surface area (Å²) in [4.78, 5) is 10.8. The molecule has 20 heavy (non-hydrogen) atoms. The van der Waals surface area contributed by atoms with E-state index >= 15 is 0 Å². The summed E-state index contributed by atoms with van der Waals surface area (Å²) in [6, 6.07) is 4.46. The molecule has 106 valence electrons. The van der Waals surface area contributed by atoms with Crippen LogP contribution in [0.15, 0.2) is 24.5 Å². The Hall–Kier alpha value is -1.79. The van der Waals surface area contributed by atoms with Crippen LogP contribution in [0.4, 0.5) is 0 Å². The maximum Gasteiger partial charge on any atom is 0.180 e. The molecule has 0 aliphatic carbocycles. The Morgan fingerprint density at radius 3 is 2.90 bits per heavy atom. The number of ether oxygens (including phenoxy) is 1. The van der Waals surface area contributed by atoms with Crippen molar-refractivity contribution in [3.8, 4) is 0 Å². The first kappa shape index (κ1) is 13.2. The van der Waals surface area contributed by atoms with Crippen LogP contribution in [-0.2, 0) is 4.74 Å². The van der Waals surface area contributed by atoms with E-state index in [1.54, 1.807) is 0 Å². The van der Waals surface area contributed by atoms with Crippen molar-refractivity contribution < 1.29 is 4.74 Å². The van der Waals surface area contributed by atoms with Gasteiger partial charge in [-0.3, -0.25) is 15.0 Å². The van der Waals surface area contributed by atoms with Crippen LogP contribution < -0.4 is 0 Å². The number of rotatable bonds is 3. The number of aromatic nitrogens is 4. The molecule has 0 bridgehead atoms. The average Bonchev–Trinajstić information content (AvgIpc) is 2.94. The molecule has 3 heterocycles. The fourth-order valence-corrected chi connectivity index (χ4v) is 2.53. The Bertz CT molecular complexity index is 556. The van der Waals surface area contributed by atoms with Crippen molar-refractivity contribution in [2.24, 2.45) is 0 Å². The summed E-state index contributed by atoms with van der Waals surface area (Å²) in [5, 5.41) is 7.08. The molecule has 2 aromatic rings. The molecule has 6 heteroatoms. The number of hydrogen-bond acceptors (Lipinski definition) is 5. The molecule has 0 amide bonds. The molecule has 2 atom stereocenters. The van der Waals surface area contributed by atoms with Crippen LogP contribution in [0.2, 0.25) is 0 Å². The zero-order valence-electron chi connectivity index (χ0n) is 11.8. The summed E-state index contributed by atoms with van der Waals surface area (Å²) in [7, 11) is 0. The zero-order valence-corrected chi connectivity index (χ0v) is 11.8. The predicted octanol–water partition coefficient (Wildman–Crippen LogP) is 1.64. The van der Waals surface area contributed by atoms with Gasteiger partial charge in [-0.2, -0.15) is 5.10 Å². The van der Waals surface area contributed by atoms with Crippen molar-refractivity contribution in [2.75, 3.05) is 19.7 Å². The standard InChI is InChI=1S/C14H19N5O/c1-10(12-3-5-15-6-4-12)19-7-8-20-13(9-19)14-16-11(2)17-18-14/h3-6,10,13H,7-9H2,1-2H3,(H,16,17,18)/t10-,13-/m1/s1. The van der Waals surface area contributed by atoms with Gasteiger partial charge in [0.2, 0.25) is 0 Å².